The van der Waals surface area contributed by atoms with Crippen LogP contribution in [0, 0.1) is 13.8 Å². The number of carbonyl (C=O) groups excluding carboxylic acids is 1. The summed E-state index contributed by atoms with van der Waals surface area (Å²) in [5.41, 5.74) is 6.55. The SMILES string of the molecule is Cc1ccc(NC(=O)N2Cc3ccccc3-n3cccc3C2c2cccs2)cc1C. The number of para-hydroxylation sites is 1. The van der Waals surface area contributed by atoms with E-state index >= 15 is 0 Å². The smallest absolute Gasteiger partial charge is 0.318 e. The first-order valence-corrected chi connectivity index (χ1v) is 10.9. The molecule has 0 bridgehead atoms. The monoisotopic (exact) mass is 413 g/mol. The minimum Gasteiger partial charge on any atom is -0.318 e. The molecule has 0 saturated heterocycles. The molecule has 1 aliphatic heterocycles. The minimum absolute atomic E-state index is 0.0962. The Kier molecular flexibility index (Phi) is 4.68. The predicted molar refractivity (Wildman–Crippen MR) is 122 cm³/mol. The second kappa shape index (κ2) is 7.50. The zero-order valence-electron chi connectivity index (χ0n) is 17.0. The Balaban J connectivity index is 1.60. The summed E-state index contributed by atoms with van der Waals surface area (Å²) in [4.78, 5) is 16.7. The molecule has 2 aromatic carbocycles. The summed E-state index contributed by atoms with van der Waals surface area (Å²) < 4.78 is 2.21. The molecule has 5 rings (SSSR count). The van der Waals surface area contributed by atoms with Crippen LogP contribution in [0.25, 0.3) is 5.69 Å². The standard InChI is InChI=1S/C25H23N3OS/c1-17-11-12-20(15-18(17)2)26-25(29)28-16-19-7-3-4-8-21(19)27-13-5-9-22(27)24(28)23-10-6-14-30-23/h3-15,24H,16H2,1-2H3,(H,26,29). The third kappa shape index (κ3) is 3.21. The van der Waals surface area contributed by atoms with Crippen molar-refractivity contribution in [2.45, 2.75) is 26.4 Å². The number of fused-ring (bicyclic) bond motifs is 3. The van der Waals surface area contributed by atoms with Crippen LogP contribution in [-0.2, 0) is 6.54 Å². The van der Waals surface area contributed by atoms with E-state index in [2.05, 4.69) is 65.6 Å². The molecule has 4 aromatic rings. The molecule has 0 fully saturated rings. The molecular formula is C25H23N3OS. The predicted octanol–water partition coefficient (Wildman–Crippen LogP) is 6.29. The number of carbonyl (C=O) groups is 1. The normalized spacial score (nSPS) is 15.3. The van der Waals surface area contributed by atoms with Crippen molar-refractivity contribution in [1.29, 1.82) is 0 Å². The Morgan fingerprint density at radius 3 is 2.67 bits per heavy atom. The van der Waals surface area contributed by atoms with E-state index < -0.39 is 0 Å². The number of hydrogen-bond donors (Lipinski definition) is 1. The number of rotatable bonds is 2. The molecule has 30 heavy (non-hydrogen) atoms. The van der Waals surface area contributed by atoms with Crippen LogP contribution in [0.15, 0.2) is 78.3 Å². The maximum Gasteiger partial charge on any atom is 0.323 e. The van der Waals surface area contributed by atoms with E-state index in [1.54, 1.807) is 11.3 Å². The van der Waals surface area contributed by atoms with Crippen LogP contribution in [0.2, 0.25) is 0 Å². The van der Waals surface area contributed by atoms with Gasteiger partial charge in [-0.25, -0.2) is 4.79 Å². The summed E-state index contributed by atoms with van der Waals surface area (Å²) >= 11 is 1.68. The summed E-state index contributed by atoms with van der Waals surface area (Å²) in [7, 11) is 0. The molecule has 5 heteroatoms. The van der Waals surface area contributed by atoms with Crippen molar-refractivity contribution in [2.24, 2.45) is 0 Å². The lowest BCUT2D eigenvalue weighted by molar-refractivity contribution is 0.195. The lowest BCUT2D eigenvalue weighted by atomic mass is 10.1. The number of benzene rings is 2. The highest BCUT2D eigenvalue weighted by Gasteiger charge is 2.33. The quantitative estimate of drug-likeness (QED) is 0.412. The van der Waals surface area contributed by atoms with Gasteiger partial charge in [-0.15, -0.1) is 11.3 Å². The molecule has 0 radical (unpaired) electrons. The van der Waals surface area contributed by atoms with E-state index in [0.29, 0.717) is 6.54 Å². The number of anilines is 1. The molecule has 0 aliphatic carbocycles. The van der Waals surface area contributed by atoms with Gasteiger partial charge in [0.25, 0.3) is 0 Å². The fourth-order valence-electron chi connectivity index (χ4n) is 4.10. The Morgan fingerprint density at radius 2 is 1.87 bits per heavy atom. The summed E-state index contributed by atoms with van der Waals surface area (Å²) in [6.07, 6.45) is 2.08. The topological polar surface area (TPSA) is 37.3 Å². The Bertz CT molecular complexity index is 1210. The average molecular weight is 414 g/mol. The lowest BCUT2D eigenvalue weighted by Gasteiger charge is -2.30. The first-order chi connectivity index (χ1) is 14.6. The zero-order valence-corrected chi connectivity index (χ0v) is 17.8. The van der Waals surface area contributed by atoms with Gasteiger partial charge in [0.15, 0.2) is 0 Å². The number of nitrogens with zero attached hydrogens (tertiary/aromatic N) is 2. The molecule has 1 atom stereocenters. The molecule has 0 spiro atoms. The van der Waals surface area contributed by atoms with Gasteiger partial charge in [0.1, 0.15) is 6.04 Å². The van der Waals surface area contributed by atoms with Gasteiger partial charge in [-0.2, -0.15) is 0 Å². The lowest BCUT2D eigenvalue weighted by Crippen LogP contribution is -2.37. The summed E-state index contributed by atoms with van der Waals surface area (Å²) in [5, 5.41) is 5.21. The number of amides is 2. The van der Waals surface area contributed by atoms with Gasteiger partial charge in [-0.1, -0.05) is 30.3 Å². The van der Waals surface area contributed by atoms with E-state index in [9.17, 15) is 4.79 Å². The van der Waals surface area contributed by atoms with Gasteiger partial charge >= 0.3 is 6.03 Å². The van der Waals surface area contributed by atoms with Crippen LogP contribution in [-0.4, -0.2) is 15.5 Å². The Labute approximate surface area is 180 Å². The minimum atomic E-state index is -0.154. The number of urea groups is 1. The number of aryl methyl sites for hydroxylation is 2. The second-order valence-electron chi connectivity index (χ2n) is 7.71. The molecule has 0 saturated carbocycles. The molecule has 1 N–H and O–H groups in total. The van der Waals surface area contributed by atoms with Crippen molar-refractivity contribution in [3.63, 3.8) is 0 Å². The molecule has 1 unspecified atom stereocenters. The van der Waals surface area contributed by atoms with E-state index in [-0.39, 0.29) is 12.1 Å². The van der Waals surface area contributed by atoms with E-state index in [4.69, 9.17) is 0 Å². The zero-order chi connectivity index (χ0) is 20.7. The van der Waals surface area contributed by atoms with Crippen LogP contribution >= 0.6 is 11.3 Å². The van der Waals surface area contributed by atoms with Crippen molar-refractivity contribution in [2.75, 3.05) is 5.32 Å². The number of hydrogen-bond acceptors (Lipinski definition) is 2. The third-order valence-corrected chi connectivity index (χ3v) is 6.72. The van der Waals surface area contributed by atoms with Gasteiger partial charge in [0.2, 0.25) is 0 Å². The van der Waals surface area contributed by atoms with Crippen LogP contribution in [0.5, 0.6) is 0 Å². The Morgan fingerprint density at radius 1 is 1.00 bits per heavy atom. The molecular weight excluding hydrogens is 390 g/mol. The summed E-state index contributed by atoms with van der Waals surface area (Å²) in [6, 6.07) is 22.4. The van der Waals surface area contributed by atoms with Crippen molar-refractivity contribution in [3.8, 4) is 5.69 Å². The molecule has 1 aliphatic rings. The number of aromatic nitrogens is 1. The van der Waals surface area contributed by atoms with Gasteiger partial charge in [-0.05, 0) is 72.3 Å². The number of nitrogens with one attached hydrogen (secondary N) is 1. The van der Waals surface area contributed by atoms with E-state index in [1.807, 2.05) is 41.3 Å². The first-order valence-electron chi connectivity index (χ1n) is 10.1. The summed E-state index contributed by atoms with van der Waals surface area (Å²) in [6.45, 7) is 4.68. The van der Waals surface area contributed by atoms with Crippen LogP contribution in [0.1, 0.15) is 33.3 Å². The van der Waals surface area contributed by atoms with Gasteiger partial charge in [0, 0.05) is 16.8 Å². The van der Waals surface area contributed by atoms with Gasteiger partial charge in [0.05, 0.1) is 17.9 Å². The van der Waals surface area contributed by atoms with Gasteiger partial charge in [-0.3, -0.25) is 0 Å². The molecule has 2 amide bonds. The number of thiophene rings is 1. The van der Waals surface area contributed by atoms with Gasteiger partial charge < -0.3 is 14.8 Å². The fraction of sp³-hybridized carbons (Fsp3) is 0.160. The maximum atomic E-state index is 13.6. The highest BCUT2D eigenvalue weighted by Crippen LogP contribution is 2.38. The maximum absolute atomic E-state index is 13.6. The van der Waals surface area contributed by atoms with Crippen molar-refractivity contribution >= 4 is 23.1 Å². The van der Waals surface area contributed by atoms with Crippen molar-refractivity contribution < 1.29 is 4.79 Å². The fourth-order valence-corrected chi connectivity index (χ4v) is 4.95. The van der Waals surface area contributed by atoms with E-state index in [1.165, 1.54) is 5.56 Å². The molecule has 2 aromatic heterocycles. The first kappa shape index (κ1) is 18.7. The Hall–Kier alpha value is -3.31. The van der Waals surface area contributed by atoms with Crippen molar-refractivity contribution in [3.05, 3.63) is 106 Å². The van der Waals surface area contributed by atoms with Crippen LogP contribution in [0.3, 0.4) is 0 Å². The average Bonchev–Trinajstić information content (AvgIpc) is 3.42. The van der Waals surface area contributed by atoms with E-state index in [0.717, 1.165) is 33.1 Å². The van der Waals surface area contributed by atoms with Crippen LogP contribution in [0.4, 0.5) is 10.5 Å². The largest absolute Gasteiger partial charge is 0.323 e. The molecule has 4 nitrogen and oxygen atoms in total. The summed E-state index contributed by atoms with van der Waals surface area (Å²) in [5.74, 6) is 0. The third-order valence-electron chi connectivity index (χ3n) is 5.80. The highest BCUT2D eigenvalue weighted by molar-refractivity contribution is 7.10. The van der Waals surface area contributed by atoms with Crippen LogP contribution < -0.4 is 5.32 Å². The molecule has 3 heterocycles. The van der Waals surface area contributed by atoms with Crippen molar-refractivity contribution in [1.82, 2.24) is 9.47 Å². The molecule has 150 valence electrons. The second-order valence-corrected chi connectivity index (χ2v) is 8.69. The highest BCUT2D eigenvalue weighted by atomic mass is 32.1.